The Hall–Kier alpha value is -2.11. The molecule has 2 aromatic carbocycles. The minimum atomic E-state index is -0.153. The first-order valence-corrected chi connectivity index (χ1v) is 11.5. The molecule has 1 heterocycles. The fraction of sp³-hybridized carbons (Fsp3) is 0.577. The molecule has 3 aliphatic rings. The van der Waals surface area contributed by atoms with Gasteiger partial charge >= 0.3 is 0 Å². The number of carbonyl (C=O) groups excluding carboxylic acids is 1. The highest BCUT2D eigenvalue weighted by Gasteiger charge is 2.68. The average molecular weight is 424 g/mol. The Kier molecular flexibility index (Phi) is 5.02. The van der Waals surface area contributed by atoms with Gasteiger partial charge in [-0.2, -0.15) is 0 Å². The van der Waals surface area contributed by atoms with Crippen molar-refractivity contribution < 1.29 is 19.4 Å². The lowest BCUT2D eigenvalue weighted by Gasteiger charge is -2.53. The standard InChI is InChI=1S/C26H33NO4/c1-25(2)17-14-19-23(22-18-7-5-4-6-16(18)8-9-20(22)28)31-13-11-26(19,15-17)24(25)27-21(29)10-12-30-3/h4-9,17,19,23-24,28H,10-15H2,1-3H3,(H,27,29)/t17-,19-,23+,24+,26-/m1/s1. The molecule has 0 radical (unpaired) electrons. The number of benzene rings is 2. The first kappa shape index (κ1) is 20.8. The number of carbonyl (C=O) groups is 1. The van der Waals surface area contributed by atoms with Crippen LogP contribution in [-0.2, 0) is 14.3 Å². The second-order valence-electron chi connectivity index (χ2n) is 10.3. The zero-order valence-corrected chi connectivity index (χ0v) is 18.7. The molecule has 1 spiro atoms. The summed E-state index contributed by atoms with van der Waals surface area (Å²) in [5, 5.41) is 16.5. The fourth-order valence-corrected chi connectivity index (χ4v) is 7.08. The zero-order valence-electron chi connectivity index (χ0n) is 18.7. The number of hydrogen-bond acceptors (Lipinski definition) is 4. The van der Waals surface area contributed by atoms with Gasteiger partial charge in [-0.25, -0.2) is 0 Å². The van der Waals surface area contributed by atoms with Crippen LogP contribution in [0.3, 0.4) is 0 Å². The van der Waals surface area contributed by atoms with Gasteiger partial charge in [0.2, 0.25) is 5.91 Å². The second kappa shape index (κ2) is 7.49. The summed E-state index contributed by atoms with van der Waals surface area (Å²) in [5.74, 6) is 1.19. The van der Waals surface area contributed by atoms with Crippen LogP contribution in [0.2, 0.25) is 0 Å². The van der Waals surface area contributed by atoms with E-state index >= 15 is 0 Å². The molecule has 1 saturated heterocycles. The molecule has 2 saturated carbocycles. The van der Waals surface area contributed by atoms with E-state index in [-0.39, 0.29) is 34.8 Å². The molecular formula is C26H33NO4. The summed E-state index contributed by atoms with van der Waals surface area (Å²) in [6.45, 7) is 5.71. The number of ether oxygens (including phenoxy) is 2. The van der Waals surface area contributed by atoms with Crippen LogP contribution in [0.4, 0.5) is 0 Å². The van der Waals surface area contributed by atoms with Crippen molar-refractivity contribution in [1.29, 1.82) is 0 Å². The van der Waals surface area contributed by atoms with Crippen LogP contribution in [0.5, 0.6) is 5.75 Å². The Bertz CT molecular complexity index is 1000. The normalized spacial score (nSPS) is 33.4. The van der Waals surface area contributed by atoms with Gasteiger partial charge in [-0.05, 0) is 58.8 Å². The maximum atomic E-state index is 12.7. The van der Waals surface area contributed by atoms with E-state index in [4.69, 9.17) is 9.47 Å². The van der Waals surface area contributed by atoms with Crippen molar-refractivity contribution in [2.24, 2.45) is 22.7 Å². The summed E-state index contributed by atoms with van der Waals surface area (Å²) in [6, 6.07) is 12.1. The van der Waals surface area contributed by atoms with E-state index < -0.39 is 0 Å². The van der Waals surface area contributed by atoms with E-state index in [1.807, 2.05) is 18.2 Å². The van der Waals surface area contributed by atoms with E-state index in [0.717, 1.165) is 35.6 Å². The summed E-state index contributed by atoms with van der Waals surface area (Å²) in [7, 11) is 1.63. The molecule has 31 heavy (non-hydrogen) atoms. The Morgan fingerprint density at radius 1 is 1.26 bits per heavy atom. The topological polar surface area (TPSA) is 67.8 Å². The SMILES string of the molecule is COCCC(=O)N[C@H]1C(C)(C)[C@@H]2C[C@@H]3[C@@H](c4c(O)ccc5ccccc45)OCC[C@@]31C2. The first-order valence-electron chi connectivity index (χ1n) is 11.5. The Morgan fingerprint density at radius 2 is 2.06 bits per heavy atom. The Balaban J connectivity index is 1.53. The van der Waals surface area contributed by atoms with E-state index in [0.29, 0.717) is 31.3 Å². The lowest BCUT2D eigenvalue weighted by Crippen LogP contribution is -2.59. The molecule has 5 rings (SSSR count). The molecule has 5 heteroatoms. The number of fused-ring (bicyclic) bond motifs is 2. The molecule has 2 aromatic rings. The van der Waals surface area contributed by atoms with Crippen molar-refractivity contribution in [3.8, 4) is 5.75 Å². The molecule has 0 unspecified atom stereocenters. The number of nitrogens with one attached hydrogen (secondary N) is 1. The predicted octanol–water partition coefficient (Wildman–Crippen LogP) is 4.58. The molecule has 0 aromatic heterocycles. The van der Waals surface area contributed by atoms with Crippen molar-refractivity contribution in [3.05, 3.63) is 42.0 Å². The number of aromatic hydroxyl groups is 1. The van der Waals surface area contributed by atoms with Crippen LogP contribution in [0.1, 0.15) is 51.2 Å². The zero-order chi connectivity index (χ0) is 21.8. The number of rotatable bonds is 5. The van der Waals surface area contributed by atoms with Crippen molar-refractivity contribution in [2.45, 2.75) is 51.7 Å². The molecule has 3 fully saturated rings. The van der Waals surface area contributed by atoms with Gasteiger partial charge in [-0.3, -0.25) is 4.79 Å². The summed E-state index contributed by atoms with van der Waals surface area (Å²) >= 11 is 0. The van der Waals surface area contributed by atoms with Gasteiger partial charge in [-0.15, -0.1) is 0 Å². The van der Waals surface area contributed by atoms with Crippen LogP contribution in [0.15, 0.2) is 36.4 Å². The quantitative estimate of drug-likeness (QED) is 0.739. The number of methoxy groups -OCH3 is 1. The Labute approximate surface area is 184 Å². The van der Waals surface area contributed by atoms with Gasteiger partial charge in [0.15, 0.2) is 0 Å². The first-order chi connectivity index (χ1) is 14.9. The summed E-state index contributed by atoms with van der Waals surface area (Å²) in [5.41, 5.74) is 0.961. The van der Waals surface area contributed by atoms with Gasteiger partial charge in [0.25, 0.3) is 0 Å². The lowest BCUT2D eigenvalue weighted by atomic mass is 9.58. The lowest BCUT2D eigenvalue weighted by molar-refractivity contribution is -0.137. The van der Waals surface area contributed by atoms with Gasteiger partial charge < -0.3 is 19.9 Å². The molecule has 2 aliphatic carbocycles. The third-order valence-electron chi connectivity index (χ3n) is 8.58. The van der Waals surface area contributed by atoms with E-state index in [1.54, 1.807) is 13.2 Å². The molecule has 2 bridgehead atoms. The molecular weight excluding hydrogens is 390 g/mol. The predicted molar refractivity (Wildman–Crippen MR) is 120 cm³/mol. The minimum Gasteiger partial charge on any atom is -0.508 e. The smallest absolute Gasteiger partial charge is 0.222 e. The molecule has 2 N–H and O–H groups in total. The fourth-order valence-electron chi connectivity index (χ4n) is 7.08. The molecule has 5 nitrogen and oxygen atoms in total. The number of phenolic OH excluding ortho intramolecular Hbond substituents is 1. The van der Waals surface area contributed by atoms with Crippen LogP contribution in [0.25, 0.3) is 10.8 Å². The number of phenols is 1. The van der Waals surface area contributed by atoms with Crippen molar-refractivity contribution in [3.63, 3.8) is 0 Å². The second-order valence-corrected chi connectivity index (χ2v) is 10.3. The monoisotopic (exact) mass is 423 g/mol. The van der Waals surface area contributed by atoms with Crippen molar-refractivity contribution in [2.75, 3.05) is 20.3 Å². The maximum absolute atomic E-state index is 12.7. The van der Waals surface area contributed by atoms with Crippen molar-refractivity contribution in [1.82, 2.24) is 5.32 Å². The third kappa shape index (κ3) is 3.08. The summed E-state index contributed by atoms with van der Waals surface area (Å²) in [6.07, 6.45) is 3.38. The summed E-state index contributed by atoms with van der Waals surface area (Å²) in [4.78, 5) is 12.7. The van der Waals surface area contributed by atoms with E-state index in [1.165, 1.54) is 0 Å². The highest BCUT2D eigenvalue weighted by molar-refractivity contribution is 5.88. The van der Waals surface area contributed by atoms with Crippen LogP contribution < -0.4 is 5.32 Å². The summed E-state index contributed by atoms with van der Waals surface area (Å²) < 4.78 is 11.5. The maximum Gasteiger partial charge on any atom is 0.222 e. The Morgan fingerprint density at radius 3 is 2.87 bits per heavy atom. The van der Waals surface area contributed by atoms with E-state index in [9.17, 15) is 9.90 Å². The van der Waals surface area contributed by atoms with Crippen LogP contribution in [0, 0.1) is 22.7 Å². The van der Waals surface area contributed by atoms with Gasteiger partial charge in [0.1, 0.15) is 5.75 Å². The third-order valence-corrected chi connectivity index (χ3v) is 8.58. The van der Waals surface area contributed by atoms with Crippen LogP contribution >= 0.6 is 0 Å². The minimum absolute atomic E-state index is 0.00317. The van der Waals surface area contributed by atoms with Gasteiger partial charge in [0, 0.05) is 31.7 Å². The highest BCUT2D eigenvalue weighted by atomic mass is 16.5. The molecule has 1 amide bonds. The molecule has 5 atom stereocenters. The highest BCUT2D eigenvalue weighted by Crippen LogP contribution is 2.71. The van der Waals surface area contributed by atoms with E-state index in [2.05, 4.69) is 31.3 Å². The largest absolute Gasteiger partial charge is 0.508 e. The number of amides is 1. The van der Waals surface area contributed by atoms with Gasteiger partial charge in [-0.1, -0.05) is 44.2 Å². The molecule has 1 aliphatic heterocycles. The van der Waals surface area contributed by atoms with Crippen LogP contribution in [-0.4, -0.2) is 37.4 Å². The molecule has 166 valence electrons. The average Bonchev–Trinajstić information content (AvgIpc) is 3.25. The van der Waals surface area contributed by atoms with Gasteiger partial charge in [0.05, 0.1) is 12.7 Å². The number of hydrogen-bond donors (Lipinski definition) is 2. The van der Waals surface area contributed by atoms with Crippen molar-refractivity contribution >= 4 is 16.7 Å².